The molecule has 3 heterocycles. The van der Waals surface area contributed by atoms with Crippen molar-refractivity contribution < 1.29 is 9.53 Å². The molecule has 1 unspecified atom stereocenters. The standard InChI is InChI=1S/C23H30N4O2/c1-18-4-3-11-27(17-18)22-16-19(9-10-24-22)23(28)26-14-12-25(13-15-26)20-5-7-21(29-2)8-6-20/h5-10,16,18H,3-4,11-15,17H2,1-2H3. The van der Waals surface area contributed by atoms with E-state index in [9.17, 15) is 4.79 Å². The van der Waals surface area contributed by atoms with Gasteiger partial charge in [-0.05, 0) is 55.2 Å². The van der Waals surface area contributed by atoms with E-state index in [1.807, 2.05) is 29.2 Å². The molecule has 1 aromatic carbocycles. The minimum atomic E-state index is 0.105. The fourth-order valence-electron chi connectivity index (χ4n) is 4.27. The molecular weight excluding hydrogens is 364 g/mol. The van der Waals surface area contributed by atoms with Crippen LogP contribution in [-0.4, -0.2) is 62.2 Å². The number of anilines is 2. The highest BCUT2D eigenvalue weighted by molar-refractivity contribution is 5.95. The zero-order chi connectivity index (χ0) is 20.2. The summed E-state index contributed by atoms with van der Waals surface area (Å²) in [6, 6.07) is 11.9. The first-order chi connectivity index (χ1) is 14.1. The molecule has 0 saturated carbocycles. The Balaban J connectivity index is 1.38. The summed E-state index contributed by atoms with van der Waals surface area (Å²) in [6.07, 6.45) is 4.23. The normalized spacial score (nSPS) is 19.9. The largest absolute Gasteiger partial charge is 0.497 e. The lowest BCUT2D eigenvalue weighted by molar-refractivity contribution is 0.0746. The van der Waals surface area contributed by atoms with Gasteiger partial charge in [-0.1, -0.05) is 6.92 Å². The molecule has 1 atom stereocenters. The Morgan fingerprint density at radius 3 is 2.48 bits per heavy atom. The van der Waals surface area contributed by atoms with Crippen molar-refractivity contribution in [2.45, 2.75) is 19.8 Å². The number of hydrogen-bond donors (Lipinski definition) is 0. The summed E-state index contributed by atoms with van der Waals surface area (Å²) in [5.41, 5.74) is 1.91. The highest BCUT2D eigenvalue weighted by Gasteiger charge is 2.24. The van der Waals surface area contributed by atoms with Crippen molar-refractivity contribution in [2.24, 2.45) is 5.92 Å². The number of piperazine rings is 1. The SMILES string of the molecule is COc1ccc(N2CCN(C(=O)c3ccnc(N4CCCC(C)C4)c3)CC2)cc1. The molecule has 29 heavy (non-hydrogen) atoms. The van der Waals surface area contributed by atoms with E-state index in [-0.39, 0.29) is 5.91 Å². The average Bonchev–Trinajstić information content (AvgIpc) is 2.79. The molecule has 2 aromatic rings. The minimum absolute atomic E-state index is 0.105. The molecule has 0 N–H and O–H groups in total. The number of pyridine rings is 1. The quantitative estimate of drug-likeness (QED) is 0.796. The highest BCUT2D eigenvalue weighted by Crippen LogP contribution is 2.24. The maximum atomic E-state index is 13.1. The molecule has 2 aliphatic heterocycles. The number of nitrogens with zero attached hydrogens (tertiary/aromatic N) is 4. The number of aromatic nitrogens is 1. The van der Waals surface area contributed by atoms with Crippen molar-refractivity contribution >= 4 is 17.4 Å². The molecule has 0 aliphatic carbocycles. The third-order valence-corrected chi connectivity index (χ3v) is 5.98. The molecule has 0 radical (unpaired) electrons. The van der Waals surface area contributed by atoms with Crippen LogP contribution in [0.25, 0.3) is 0 Å². The molecule has 0 bridgehead atoms. The topological polar surface area (TPSA) is 48.9 Å². The molecule has 2 aliphatic rings. The van der Waals surface area contributed by atoms with E-state index in [0.717, 1.165) is 56.4 Å². The molecule has 4 rings (SSSR count). The van der Waals surface area contributed by atoms with Gasteiger partial charge in [0.05, 0.1) is 7.11 Å². The van der Waals surface area contributed by atoms with Crippen molar-refractivity contribution in [3.05, 3.63) is 48.2 Å². The maximum absolute atomic E-state index is 13.1. The van der Waals surface area contributed by atoms with E-state index in [2.05, 4.69) is 33.8 Å². The Hall–Kier alpha value is -2.76. The summed E-state index contributed by atoms with van der Waals surface area (Å²) in [5, 5.41) is 0. The van der Waals surface area contributed by atoms with E-state index in [1.54, 1.807) is 13.3 Å². The monoisotopic (exact) mass is 394 g/mol. The Bertz CT molecular complexity index is 831. The van der Waals surface area contributed by atoms with Crippen LogP contribution in [0.3, 0.4) is 0 Å². The zero-order valence-electron chi connectivity index (χ0n) is 17.4. The Labute approximate surface area is 173 Å². The van der Waals surface area contributed by atoms with Crippen LogP contribution < -0.4 is 14.5 Å². The molecule has 1 aromatic heterocycles. The van der Waals surface area contributed by atoms with Gasteiger partial charge in [0.15, 0.2) is 0 Å². The number of methoxy groups -OCH3 is 1. The lowest BCUT2D eigenvalue weighted by atomic mass is 10.0. The predicted molar refractivity (Wildman–Crippen MR) is 116 cm³/mol. The van der Waals surface area contributed by atoms with Crippen LogP contribution in [0, 0.1) is 5.92 Å². The summed E-state index contributed by atoms with van der Waals surface area (Å²) in [6.45, 7) is 7.44. The van der Waals surface area contributed by atoms with Gasteiger partial charge in [-0.3, -0.25) is 4.79 Å². The number of rotatable bonds is 4. The Morgan fingerprint density at radius 2 is 1.79 bits per heavy atom. The van der Waals surface area contributed by atoms with E-state index < -0.39 is 0 Å². The molecule has 0 spiro atoms. The number of ether oxygens (including phenoxy) is 1. The fraction of sp³-hybridized carbons (Fsp3) is 0.478. The van der Waals surface area contributed by atoms with Crippen molar-refractivity contribution in [3.63, 3.8) is 0 Å². The van der Waals surface area contributed by atoms with Gasteiger partial charge >= 0.3 is 0 Å². The summed E-state index contributed by atoms with van der Waals surface area (Å²) in [5.74, 6) is 2.57. The molecule has 1 amide bonds. The number of amides is 1. The van der Waals surface area contributed by atoms with Crippen molar-refractivity contribution in [2.75, 3.05) is 56.2 Å². The molecule has 6 heteroatoms. The van der Waals surface area contributed by atoms with Gasteiger partial charge < -0.3 is 19.4 Å². The maximum Gasteiger partial charge on any atom is 0.254 e. The van der Waals surface area contributed by atoms with E-state index in [0.29, 0.717) is 5.92 Å². The van der Waals surface area contributed by atoms with Gasteiger partial charge in [0, 0.05) is 56.7 Å². The number of hydrogen-bond acceptors (Lipinski definition) is 5. The average molecular weight is 395 g/mol. The second-order valence-corrected chi connectivity index (χ2v) is 8.07. The van der Waals surface area contributed by atoms with Crippen LogP contribution in [-0.2, 0) is 0 Å². The summed E-state index contributed by atoms with van der Waals surface area (Å²) in [7, 11) is 1.68. The minimum Gasteiger partial charge on any atom is -0.497 e. The van der Waals surface area contributed by atoms with E-state index in [1.165, 1.54) is 18.5 Å². The molecule has 6 nitrogen and oxygen atoms in total. The number of piperidine rings is 1. The first kappa shape index (κ1) is 19.6. The molecule has 154 valence electrons. The Morgan fingerprint density at radius 1 is 1.03 bits per heavy atom. The van der Waals surface area contributed by atoms with E-state index >= 15 is 0 Å². The second-order valence-electron chi connectivity index (χ2n) is 8.07. The van der Waals surface area contributed by atoms with Crippen molar-refractivity contribution in [1.29, 1.82) is 0 Å². The van der Waals surface area contributed by atoms with Crippen LogP contribution in [0.2, 0.25) is 0 Å². The first-order valence-electron chi connectivity index (χ1n) is 10.5. The summed E-state index contributed by atoms with van der Waals surface area (Å²) >= 11 is 0. The number of benzene rings is 1. The van der Waals surface area contributed by atoms with Gasteiger partial charge in [-0.15, -0.1) is 0 Å². The third kappa shape index (κ3) is 4.47. The smallest absolute Gasteiger partial charge is 0.254 e. The second kappa shape index (κ2) is 8.72. The van der Waals surface area contributed by atoms with Gasteiger partial charge in [0.1, 0.15) is 11.6 Å². The van der Waals surface area contributed by atoms with Crippen molar-refractivity contribution in [3.8, 4) is 5.75 Å². The lowest BCUT2D eigenvalue weighted by Gasteiger charge is -2.36. The van der Waals surface area contributed by atoms with Gasteiger partial charge in [-0.2, -0.15) is 0 Å². The zero-order valence-corrected chi connectivity index (χ0v) is 17.4. The van der Waals surface area contributed by atoms with E-state index in [4.69, 9.17) is 4.74 Å². The van der Waals surface area contributed by atoms with Crippen LogP contribution in [0.4, 0.5) is 11.5 Å². The fourth-order valence-corrected chi connectivity index (χ4v) is 4.27. The lowest BCUT2D eigenvalue weighted by Crippen LogP contribution is -2.48. The summed E-state index contributed by atoms with van der Waals surface area (Å²) in [4.78, 5) is 24.2. The first-order valence-corrected chi connectivity index (χ1v) is 10.5. The van der Waals surface area contributed by atoms with Crippen LogP contribution in [0.15, 0.2) is 42.6 Å². The van der Waals surface area contributed by atoms with Crippen LogP contribution in [0.1, 0.15) is 30.1 Å². The third-order valence-electron chi connectivity index (χ3n) is 5.98. The molecule has 2 fully saturated rings. The number of carbonyl (C=O) groups excluding carboxylic acids is 1. The van der Waals surface area contributed by atoms with Crippen LogP contribution >= 0.6 is 0 Å². The molecule has 2 saturated heterocycles. The summed E-state index contributed by atoms with van der Waals surface area (Å²) < 4.78 is 5.23. The van der Waals surface area contributed by atoms with Gasteiger partial charge in [-0.25, -0.2) is 4.98 Å². The van der Waals surface area contributed by atoms with Gasteiger partial charge in [0.25, 0.3) is 5.91 Å². The predicted octanol–water partition coefficient (Wildman–Crippen LogP) is 3.29. The molecular formula is C23H30N4O2. The highest BCUT2D eigenvalue weighted by atomic mass is 16.5. The van der Waals surface area contributed by atoms with Crippen LogP contribution in [0.5, 0.6) is 5.75 Å². The Kier molecular flexibility index (Phi) is 5.88. The van der Waals surface area contributed by atoms with Crippen molar-refractivity contribution in [1.82, 2.24) is 9.88 Å². The van der Waals surface area contributed by atoms with Gasteiger partial charge in [0.2, 0.25) is 0 Å². The number of carbonyl (C=O) groups is 1.